The molecule has 1 amide bonds. The molecule has 1 atom stereocenters. The van der Waals surface area contributed by atoms with Gasteiger partial charge in [0, 0.05) is 17.5 Å². The van der Waals surface area contributed by atoms with Crippen LogP contribution in [-0.2, 0) is 6.42 Å². The molecule has 1 aromatic carbocycles. The molecular formula is C17H20BrClN2O2S. The maximum Gasteiger partial charge on any atom is 0.265 e. The highest BCUT2D eigenvalue weighted by atomic mass is 79.9. The standard InChI is InChI=1S/C17H19BrN2O2S.ClH/c1-10-14(18)15(22-2)16(23-10)17(21)20-9-13-12-6-4-3-5-11(12)7-8-19-13;/h3-6,13,19H,7-9H2,1-2H3,(H,20,21);1H. The van der Waals surface area contributed by atoms with Gasteiger partial charge in [-0.05, 0) is 46.9 Å². The fourth-order valence-electron chi connectivity index (χ4n) is 2.89. The van der Waals surface area contributed by atoms with E-state index < -0.39 is 0 Å². The molecule has 0 spiro atoms. The van der Waals surface area contributed by atoms with Crippen molar-refractivity contribution in [3.05, 3.63) is 49.6 Å². The predicted octanol–water partition coefficient (Wildman–Crippen LogP) is 3.87. The molecule has 24 heavy (non-hydrogen) atoms. The summed E-state index contributed by atoms with van der Waals surface area (Å²) in [6, 6.07) is 8.55. The van der Waals surface area contributed by atoms with Crippen LogP contribution in [0.3, 0.4) is 0 Å². The van der Waals surface area contributed by atoms with E-state index >= 15 is 0 Å². The molecule has 1 aliphatic heterocycles. The molecule has 2 N–H and O–H groups in total. The average Bonchev–Trinajstić information content (AvgIpc) is 2.87. The van der Waals surface area contributed by atoms with Crippen LogP contribution in [0, 0.1) is 6.92 Å². The number of fused-ring (bicyclic) bond motifs is 1. The first-order valence-corrected chi connectivity index (χ1v) is 9.15. The second kappa shape index (κ2) is 8.34. The van der Waals surface area contributed by atoms with E-state index in [4.69, 9.17) is 4.74 Å². The number of hydrogen-bond donors (Lipinski definition) is 2. The minimum Gasteiger partial charge on any atom is -0.494 e. The summed E-state index contributed by atoms with van der Waals surface area (Å²) in [6.45, 7) is 3.46. The molecule has 1 aromatic heterocycles. The van der Waals surface area contributed by atoms with Crippen molar-refractivity contribution >= 4 is 45.6 Å². The van der Waals surface area contributed by atoms with Crippen LogP contribution in [0.15, 0.2) is 28.7 Å². The SMILES string of the molecule is COc1c(C(=O)NCC2NCCc3ccccc32)sc(C)c1Br.Cl. The molecule has 0 aliphatic carbocycles. The number of rotatable bonds is 4. The van der Waals surface area contributed by atoms with Gasteiger partial charge in [0.25, 0.3) is 5.91 Å². The summed E-state index contributed by atoms with van der Waals surface area (Å²) in [5.41, 5.74) is 2.63. The van der Waals surface area contributed by atoms with Crippen LogP contribution < -0.4 is 15.4 Å². The van der Waals surface area contributed by atoms with E-state index in [1.165, 1.54) is 22.5 Å². The number of carbonyl (C=O) groups excluding carboxylic acids is 1. The van der Waals surface area contributed by atoms with E-state index in [1.807, 2.05) is 13.0 Å². The lowest BCUT2D eigenvalue weighted by Gasteiger charge is -2.27. The Morgan fingerprint density at radius 3 is 2.96 bits per heavy atom. The average molecular weight is 432 g/mol. The second-order valence-electron chi connectivity index (χ2n) is 5.50. The Labute approximate surface area is 160 Å². The lowest BCUT2D eigenvalue weighted by Crippen LogP contribution is -2.38. The number of methoxy groups -OCH3 is 1. The minimum atomic E-state index is -0.0921. The summed E-state index contributed by atoms with van der Waals surface area (Å²) in [6.07, 6.45) is 1.03. The topological polar surface area (TPSA) is 50.4 Å². The van der Waals surface area contributed by atoms with Gasteiger partial charge in [-0.25, -0.2) is 0 Å². The first-order chi connectivity index (χ1) is 11.1. The minimum absolute atomic E-state index is 0. The summed E-state index contributed by atoms with van der Waals surface area (Å²) in [7, 11) is 1.59. The number of aryl methyl sites for hydroxylation is 1. The molecule has 1 aliphatic rings. The smallest absolute Gasteiger partial charge is 0.265 e. The van der Waals surface area contributed by atoms with Crippen molar-refractivity contribution in [3.63, 3.8) is 0 Å². The third kappa shape index (κ3) is 3.77. The molecule has 3 rings (SSSR count). The third-order valence-corrected chi connectivity index (χ3v) is 6.37. The van der Waals surface area contributed by atoms with Gasteiger partial charge in [0.15, 0.2) is 5.75 Å². The Kier molecular flexibility index (Phi) is 6.69. The Hall–Kier alpha value is -1.08. The van der Waals surface area contributed by atoms with Gasteiger partial charge < -0.3 is 15.4 Å². The van der Waals surface area contributed by atoms with Crippen molar-refractivity contribution in [2.24, 2.45) is 0 Å². The summed E-state index contributed by atoms with van der Waals surface area (Å²) in [5, 5.41) is 6.51. The van der Waals surface area contributed by atoms with Gasteiger partial charge in [-0.3, -0.25) is 4.79 Å². The van der Waals surface area contributed by atoms with Gasteiger partial charge in [0.05, 0.1) is 11.6 Å². The molecule has 0 saturated heterocycles. The van der Waals surface area contributed by atoms with Crippen molar-refractivity contribution in [2.75, 3.05) is 20.2 Å². The molecule has 0 bridgehead atoms. The fraction of sp³-hybridized carbons (Fsp3) is 0.353. The predicted molar refractivity (Wildman–Crippen MR) is 104 cm³/mol. The maximum absolute atomic E-state index is 12.5. The van der Waals surface area contributed by atoms with Gasteiger partial charge in [-0.1, -0.05) is 24.3 Å². The summed E-state index contributed by atoms with van der Waals surface area (Å²) >= 11 is 4.91. The normalized spacial score (nSPS) is 16.0. The van der Waals surface area contributed by atoms with Crippen molar-refractivity contribution in [2.45, 2.75) is 19.4 Å². The molecule has 0 radical (unpaired) electrons. The van der Waals surface area contributed by atoms with Gasteiger partial charge in [-0.15, -0.1) is 23.7 Å². The molecule has 0 fully saturated rings. The van der Waals surface area contributed by atoms with Crippen LogP contribution in [0.2, 0.25) is 0 Å². The van der Waals surface area contributed by atoms with Crippen molar-refractivity contribution in [1.29, 1.82) is 0 Å². The number of ether oxygens (including phenoxy) is 1. The monoisotopic (exact) mass is 430 g/mol. The van der Waals surface area contributed by atoms with Crippen molar-refractivity contribution in [1.82, 2.24) is 10.6 Å². The number of benzene rings is 1. The van der Waals surface area contributed by atoms with Gasteiger partial charge in [0.1, 0.15) is 4.88 Å². The van der Waals surface area contributed by atoms with E-state index in [1.54, 1.807) is 7.11 Å². The zero-order valence-corrected chi connectivity index (χ0v) is 16.7. The zero-order chi connectivity index (χ0) is 16.4. The van der Waals surface area contributed by atoms with Crippen LogP contribution >= 0.6 is 39.7 Å². The van der Waals surface area contributed by atoms with E-state index in [0.717, 1.165) is 22.3 Å². The number of amides is 1. The lowest BCUT2D eigenvalue weighted by atomic mass is 9.94. The first-order valence-electron chi connectivity index (χ1n) is 7.54. The van der Waals surface area contributed by atoms with Crippen LogP contribution in [0.1, 0.15) is 31.7 Å². The van der Waals surface area contributed by atoms with E-state index in [0.29, 0.717) is 17.2 Å². The Morgan fingerprint density at radius 2 is 2.21 bits per heavy atom. The molecule has 4 nitrogen and oxygen atoms in total. The number of halogens is 2. The quantitative estimate of drug-likeness (QED) is 0.773. The maximum atomic E-state index is 12.5. The summed E-state index contributed by atoms with van der Waals surface area (Å²) < 4.78 is 6.21. The zero-order valence-electron chi connectivity index (χ0n) is 13.5. The molecular weight excluding hydrogens is 412 g/mol. The lowest BCUT2D eigenvalue weighted by molar-refractivity contribution is 0.0950. The number of carbonyl (C=O) groups is 1. The van der Waals surface area contributed by atoms with Crippen molar-refractivity contribution < 1.29 is 9.53 Å². The van der Waals surface area contributed by atoms with E-state index in [-0.39, 0.29) is 24.4 Å². The van der Waals surface area contributed by atoms with Crippen LogP contribution in [-0.4, -0.2) is 26.1 Å². The first kappa shape index (κ1) is 19.2. The van der Waals surface area contributed by atoms with Crippen LogP contribution in [0.25, 0.3) is 0 Å². The van der Waals surface area contributed by atoms with Gasteiger partial charge in [-0.2, -0.15) is 0 Å². The number of nitrogens with one attached hydrogen (secondary N) is 2. The summed E-state index contributed by atoms with van der Waals surface area (Å²) in [5.74, 6) is 0.521. The highest BCUT2D eigenvalue weighted by Crippen LogP contribution is 2.39. The molecule has 0 saturated carbocycles. The number of hydrogen-bond acceptors (Lipinski definition) is 4. The fourth-order valence-corrected chi connectivity index (χ4v) is 4.55. The number of thiophene rings is 1. The Balaban J connectivity index is 0.00000208. The Morgan fingerprint density at radius 1 is 1.46 bits per heavy atom. The van der Waals surface area contributed by atoms with Gasteiger partial charge >= 0.3 is 0 Å². The van der Waals surface area contributed by atoms with E-state index in [9.17, 15) is 4.79 Å². The molecule has 1 unspecified atom stereocenters. The van der Waals surface area contributed by atoms with Crippen LogP contribution in [0.4, 0.5) is 0 Å². The highest BCUT2D eigenvalue weighted by Gasteiger charge is 2.23. The largest absolute Gasteiger partial charge is 0.494 e. The highest BCUT2D eigenvalue weighted by molar-refractivity contribution is 9.10. The van der Waals surface area contributed by atoms with Crippen LogP contribution in [0.5, 0.6) is 5.75 Å². The molecule has 7 heteroatoms. The van der Waals surface area contributed by atoms with Crippen molar-refractivity contribution in [3.8, 4) is 5.75 Å². The molecule has 130 valence electrons. The third-order valence-electron chi connectivity index (χ3n) is 4.06. The molecule has 2 aromatic rings. The van der Waals surface area contributed by atoms with E-state index in [2.05, 4.69) is 44.8 Å². The summed E-state index contributed by atoms with van der Waals surface area (Å²) in [4.78, 5) is 14.2. The second-order valence-corrected chi connectivity index (χ2v) is 7.52. The molecule has 2 heterocycles. The van der Waals surface area contributed by atoms with Gasteiger partial charge in [0.2, 0.25) is 0 Å². The Bertz CT molecular complexity index is 735.